The molecule has 1 rings (SSSR count). The van der Waals surface area contributed by atoms with Crippen LogP contribution in [0.1, 0.15) is 38.5 Å². The van der Waals surface area contributed by atoms with E-state index in [2.05, 4.69) is 10.6 Å². The molecule has 1 aliphatic rings. The van der Waals surface area contributed by atoms with Crippen molar-refractivity contribution in [1.29, 1.82) is 0 Å². The van der Waals surface area contributed by atoms with Crippen molar-refractivity contribution in [2.45, 2.75) is 38.5 Å². The molecule has 1 saturated heterocycles. The molecule has 0 unspecified atom stereocenters. The smallest absolute Gasteiger partial charge is 0.317 e. The van der Waals surface area contributed by atoms with E-state index in [0.29, 0.717) is 26.1 Å². The number of carboxylic acids is 1. The monoisotopic (exact) mass is 285 g/mol. The van der Waals surface area contributed by atoms with E-state index in [9.17, 15) is 14.4 Å². The Morgan fingerprint density at radius 1 is 1.25 bits per heavy atom. The molecule has 0 aromatic carbocycles. The fourth-order valence-corrected chi connectivity index (χ4v) is 2.04. The molecule has 0 saturated carbocycles. The van der Waals surface area contributed by atoms with Gasteiger partial charge in [-0.1, -0.05) is 12.8 Å². The highest BCUT2D eigenvalue weighted by atomic mass is 16.4. The van der Waals surface area contributed by atoms with E-state index in [-0.39, 0.29) is 24.9 Å². The zero-order valence-electron chi connectivity index (χ0n) is 11.7. The Hall–Kier alpha value is -1.79. The summed E-state index contributed by atoms with van der Waals surface area (Å²) in [6.07, 6.45) is 4.23. The van der Waals surface area contributed by atoms with E-state index in [1.807, 2.05) is 0 Å². The summed E-state index contributed by atoms with van der Waals surface area (Å²) in [4.78, 5) is 35.0. The van der Waals surface area contributed by atoms with Crippen LogP contribution in [0.15, 0.2) is 0 Å². The number of nitrogens with zero attached hydrogens (tertiary/aromatic N) is 1. The second kappa shape index (κ2) is 9.17. The molecule has 0 aliphatic carbocycles. The molecule has 0 atom stereocenters. The van der Waals surface area contributed by atoms with Gasteiger partial charge < -0.3 is 20.6 Å². The average Bonchev–Trinajstić information content (AvgIpc) is 2.61. The fourth-order valence-electron chi connectivity index (χ4n) is 2.04. The average molecular weight is 285 g/mol. The van der Waals surface area contributed by atoms with Crippen molar-refractivity contribution in [1.82, 2.24) is 15.5 Å². The van der Waals surface area contributed by atoms with Crippen LogP contribution in [0.25, 0.3) is 0 Å². The first-order chi connectivity index (χ1) is 9.59. The summed E-state index contributed by atoms with van der Waals surface area (Å²) in [6, 6.07) is -0.201. The Morgan fingerprint density at radius 2 is 2.00 bits per heavy atom. The summed E-state index contributed by atoms with van der Waals surface area (Å²) in [6.45, 7) is 1.88. The summed E-state index contributed by atoms with van der Waals surface area (Å²) in [5, 5.41) is 14.0. The first kappa shape index (κ1) is 16.3. The van der Waals surface area contributed by atoms with Gasteiger partial charge in [0.1, 0.15) is 6.54 Å². The van der Waals surface area contributed by atoms with E-state index in [4.69, 9.17) is 5.11 Å². The Morgan fingerprint density at radius 3 is 2.75 bits per heavy atom. The largest absolute Gasteiger partial charge is 0.481 e. The van der Waals surface area contributed by atoms with Crippen molar-refractivity contribution in [2.75, 3.05) is 26.2 Å². The Labute approximate surface area is 118 Å². The van der Waals surface area contributed by atoms with Crippen molar-refractivity contribution in [3.05, 3.63) is 0 Å². The molecule has 0 aromatic rings. The number of carbonyl (C=O) groups is 3. The second-order valence-electron chi connectivity index (χ2n) is 4.91. The third-order valence-corrected chi connectivity index (χ3v) is 3.14. The highest BCUT2D eigenvalue weighted by molar-refractivity contribution is 5.84. The lowest BCUT2D eigenvalue weighted by atomic mass is 10.1. The first-order valence-electron chi connectivity index (χ1n) is 7.11. The number of hydrogen-bond donors (Lipinski definition) is 3. The maximum Gasteiger partial charge on any atom is 0.317 e. The molecular formula is C13H23N3O4. The van der Waals surface area contributed by atoms with Crippen LogP contribution in [0.5, 0.6) is 0 Å². The quantitative estimate of drug-likeness (QED) is 0.595. The molecular weight excluding hydrogens is 262 g/mol. The number of aliphatic carboxylic acids is 1. The summed E-state index contributed by atoms with van der Waals surface area (Å²) >= 11 is 0. The molecule has 0 aromatic heterocycles. The minimum absolute atomic E-state index is 0.116. The molecule has 1 heterocycles. The Kier molecular flexibility index (Phi) is 7.46. The maximum atomic E-state index is 11.8. The van der Waals surface area contributed by atoms with Gasteiger partial charge in [0.2, 0.25) is 5.91 Å². The number of carboxylic acid groups (broad SMARTS) is 1. The van der Waals surface area contributed by atoms with E-state index in [0.717, 1.165) is 25.7 Å². The highest BCUT2D eigenvalue weighted by Crippen LogP contribution is 2.02. The third-order valence-electron chi connectivity index (χ3n) is 3.14. The van der Waals surface area contributed by atoms with Gasteiger partial charge in [0.25, 0.3) is 0 Å². The molecule has 0 radical (unpaired) electrons. The van der Waals surface area contributed by atoms with Gasteiger partial charge in [-0.2, -0.15) is 0 Å². The molecule has 1 aliphatic heterocycles. The number of carbonyl (C=O) groups excluding carboxylic acids is 2. The van der Waals surface area contributed by atoms with E-state index < -0.39 is 5.97 Å². The normalized spacial score (nSPS) is 15.4. The number of rotatable bonds is 7. The lowest BCUT2D eigenvalue weighted by molar-refractivity contribution is -0.137. The zero-order chi connectivity index (χ0) is 14.8. The number of hydrogen-bond acceptors (Lipinski definition) is 3. The topological polar surface area (TPSA) is 98.7 Å². The van der Waals surface area contributed by atoms with Crippen molar-refractivity contribution in [3.8, 4) is 0 Å². The van der Waals surface area contributed by atoms with Crippen molar-refractivity contribution in [2.24, 2.45) is 0 Å². The van der Waals surface area contributed by atoms with Crippen molar-refractivity contribution >= 4 is 17.9 Å². The van der Waals surface area contributed by atoms with Gasteiger partial charge in [-0.05, 0) is 19.3 Å². The van der Waals surface area contributed by atoms with Gasteiger partial charge in [-0.25, -0.2) is 4.79 Å². The van der Waals surface area contributed by atoms with Crippen molar-refractivity contribution < 1.29 is 19.5 Å². The lowest BCUT2D eigenvalue weighted by Crippen LogP contribution is -2.43. The predicted molar refractivity (Wildman–Crippen MR) is 73.3 cm³/mol. The highest BCUT2D eigenvalue weighted by Gasteiger charge is 2.18. The number of urea groups is 1. The van der Waals surface area contributed by atoms with E-state index in [1.54, 1.807) is 0 Å². The van der Waals surface area contributed by atoms with Gasteiger partial charge in [0, 0.05) is 26.1 Å². The van der Waals surface area contributed by atoms with Crippen molar-refractivity contribution in [3.63, 3.8) is 0 Å². The van der Waals surface area contributed by atoms with Crippen LogP contribution in [0, 0.1) is 0 Å². The fraction of sp³-hybridized carbons (Fsp3) is 0.769. The van der Waals surface area contributed by atoms with Crippen LogP contribution in [0.2, 0.25) is 0 Å². The minimum Gasteiger partial charge on any atom is -0.481 e. The molecule has 3 amide bonds. The van der Waals surface area contributed by atoms with Gasteiger partial charge >= 0.3 is 12.0 Å². The molecule has 114 valence electrons. The molecule has 3 N–H and O–H groups in total. The molecule has 7 heteroatoms. The van der Waals surface area contributed by atoms with Gasteiger partial charge in [-0.3, -0.25) is 9.59 Å². The van der Waals surface area contributed by atoms with E-state index >= 15 is 0 Å². The third kappa shape index (κ3) is 6.96. The van der Waals surface area contributed by atoms with Crippen LogP contribution in [-0.2, 0) is 9.59 Å². The summed E-state index contributed by atoms with van der Waals surface area (Å²) in [5.74, 6) is -0.885. The van der Waals surface area contributed by atoms with E-state index in [1.165, 1.54) is 4.90 Å². The molecule has 0 spiro atoms. The Bertz CT molecular complexity index is 347. The second-order valence-corrected chi connectivity index (χ2v) is 4.91. The van der Waals surface area contributed by atoms with Crippen LogP contribution in [0.4, 0.5) is 4.79 Å². The molecule has 0 bridgehead atoms. The molecule has 7 nitrogen and oxygen atoms in total. The summed E-state index contributed by atoms with van der Waals surface area (Å²) in [7, 11) is 0. The summed E-state index contributed by atoms with van der Waals surface area (Å²) < 4.78 is 0. The number of nitrogens with one attached hydrogen (secondary N) is 2. The molecule has 1 fully saturated rings. The van der Waals surface area contributed by atoms with Crippen LogP contribution >= 0.6 is 0 Å². The van der Waals surface area contributed by atoms with Crippen LogP contribution < -0.4 is 10.6 Å². The Balaban J connectivity index is 2.07. The number of amides is 3. The van der Waals surface area contributed by atoms with Gasteiger partial charge in [0.05, 0.1) is 0 Å². The molecule has 20 heavy (non-hydrogen) atoms. The standard InChI is InChI=1S/C13H23N3O4/c17-11-10-16(9-5-8-14-11)13(20)15-7-4-2-1-3-6-12(18)19/h1-10H2,(H,14,17)(H,15,20)(H,18,19). The maximum absolute atomic E-state index is 11.8. The lowest BCUT2D eigenvalue weighted by Gasteiger charge is -2.19. The van der Waals surface area contributed by atoms with Gasteiger partial charge in [0.15, 0.2) is 0 Å². The minimum atomic E-state index is -0.766. The van der Waals surface area contributed by atoms with Crippen LogP contribution in [0.3, 0.4) is 0 Å². The summed E-state index contributed by atoms with van der Waals surface area (Å²) in [5.41, 5.74) is 0. The first-order valence-corrected chi connectivity index (χ1v) is 7.11. The van der Waals surface area contributed by atoms with Gasteiger partial charge in [-0.15, -0.1) is 0 Å². The predicted octanol–water partition coefficient (Wildman–Crippen LogP) is 0.553. The number of unbranched alkanes of at least 4 members (excludes halogenated alkanes) is 3. The SMILES string of the molecule is O=C(O)CCCCCCNC(=O)N1CCCNC(=O)C1. The van der Waals surface area contributed by atoms with Crippen LogP contribution in [-0.4, -0.2) is 54.1 Å². The zero-order valence-corrected chi connectivity index (χ0v) is 11.7.